The van der Waals surface area contributed by atoms with Gasteiger partial charge in [0.15, 0.2) is 0 Å². The molecule has 1 fully saturated rings. The summed E-state index contributed by atoms with van der Waals surface area (Å²) in [6, 6.07) is 15.5. The number of piperidine rings is 1. The van der Waals surface area contributed by atoms with Crippen LogP contribution in [0, 0.1) is 6.92 Å². The molecule has 1 spiro atoms. The van der Waals surface area contributed by atoms with Crippen LogP contribution in [0.4, 0.5) is 18.9 Å². The van der Waals surface area contributed by atoms with Gasteiger partial charge in [-0.05, 0) is 61.7 Å². The Balaban J connectivity index is 1.38. The number of anilines is 1. The van der Waals surface area contributed by atoms with E-state index in [1.165, 1.54) is 12.1 Å². The van der Waals surface area contributed by atoms with E-state index in [4.69, 9.17) is 9.47 Å². The predicted molar refractivity (Wildman–Crippen MR) is 141 cm³/mol. The molecule has 0 unspecified atom stereocenters. The molecule has 6 nitrogen and oxygen atoms in total. The fourth-order valence-electron chi connectivity index (χ4n) is 5.75. The quantitative estimate of drug-likeness (QED) is 0.417. The molecular formula is C30H29F3N2O4. The van der Waals surface area contributed by atoms with Crippen LogP contribution in [-0.2, 0) is 11.6 Å². The topological polar surface area (TPSA) is 59.1 Å². The Hall–Kier alpha value is -4.01. The van der Waals surface area contributed by atoms with Crippen molar-refractivity contribution in [1.82, 2.24) is 4.90 Å². The van der Waals surface area contributed by atoms with Crippen LogP contribution in [0.25, 0.3) is 0 Å². The molecule has 2 amide bonds. The van der Waals surface area contributed by atoms with Crippen LogP contribution < -0.4 is 14.4 Å². The summed E-state index contributed by atoms with van der Waals surface area (Å²) in [5.41, 5.74) is 1.70. The van der Waals surface area contributed by atoms with E-state index in [0.29, 0.717) is 55.2 Å². The number of hydrogen-bond donors (Lipinski definition) is 0. The normalized spacial score (nSPS) is 16.3. The van der Waals surface area contributed by atoms with Crippen LogP contribution in [0.1, 0.15) is 50.2 Å². The molecule has 0 atom stereocenters. The lowest BCUT2D eigenvalue weighted by atomic mass is 9.74. The summed E-state index contributed by atoms with van der Waals surface area (Å²) in [5.74, 6) is 0.534. The van der Waals surface area contributed by atoms with Gasteiger partial charge >= 0.3 is 6.18 Å². The van der Waals surface area contributed by atoms with E-state index < -0.39 is 23.1 Å². The number of methoxy groups -OCH3 is 2. The first-order chi connectivity index (χ1) is 18.6. The molecule has 2 aliphatic rings. The van der Waals surface area contributed by atoms with Gasteiger partial charge in [0.2, 0.25) is 0 Å². The summed E-state index contributed by atoms with van der Waals surface area (Å²) in [7, 11) is 3.09. The van der Waals surface area contributed by atoms with Gasteiger partial charge in [0.05, 0.1) is 19.8 Å². The molecule has 9 heteroatoms. The Morgan fingerprint density at radius 3 is 2.10 bits per heavy atom. The van der Waals surface area contributed by atoms with Crippen molar-refractivity contribution in [3.05, 3.63) is 88.5 Å². The van der Waals surface area contributed by atoms with Crippen LogP contribution in [0.2, 0.25) is 0 Å². The molecule has 0 aromatic heterocycles. The monoisotopic (exact) mass is 538 g/mol. The number of halogens is 3. The number of likely N-dealkylation sites (tertiary alicyclic amines) is 1. The van der Waals surface area contributed by atoms with E-state index in [1.807, 2.05) is 31.2 Å². The zero-order valence-corrected chi connectivity index (χ0v) is 22.0. The number of benzene rings is 3. The lowest BCUT2D eigenvalue weighted by Crippen LogP contribution is -2.47. The Kier molecular flexibility index (Phi) is 6.78. The first-order valence-electron chi connectivity index (χ1n) is 12.7. The van der Waals surface area contributed by atoms with E-state index in [-0.39, 0.29) is 11.5 Å². The highest BCUT2D eigenvalue weighted by atomic mass is 19.4. The lowest BCUT2D eigenvalue weighted by Gasteiger charge is -2.40. The summed E-state index contributed by atoms with van der Waals surface area (Å²) in [6.07, 6.45) is -3.31. The molecule has 5 rings (SSSR count). The predicted octanol–water partition coefficient (Wildman–Crippen LogP) is 5.87. The fourth-order valence-corrected chi connectivity index (χ4v) is 5.75. The molecule has 204 valence electrons. The highest BCUT2D eigenvalue weighted by Crippen LogP contribution is 2.47. The van der Waals surface area contributed by atoms with Crippen LogP contribution >= 0.6 is 0 Å². The molecule has 0 N–H and O–H groups in total. The number of carbonyl (C=O) groups excluding carboxylic acids is 2. The van der Waals surface area contributed by atoms with E-state index in [9.17, 15) is 22.8 Å². The highest BCUT2D eigenvalue weighted by molar-refractivity contribution is 6.08. The molecule has 0 saturated carbocycles. The molecule has 2 heterocycles. The van der Waals surface area contributed by atoms with Gasteiger partial charge in [-0.15, -0.1) is 0 Å². The number of fused-ring (bicyclic) bond motifs is 2. The maximum atomic E-state index is 13.5. The third kappa shape index (κ3) is 4.70. The Bertz CT molecular complexity index is 1400. The summed E-state index contributed by atoms with van der Waals surface area (Å²) in [4.78, 5) is 30.3. The third-order valence-electron chi connectivity index (χ3n) is 7.92. The SMILES string of the molecule is COc1cc(C(=O)N2CCC3(CC2)CN(C(=O)c2cccc(C(F)(F)F)c2)c2ccccc23)cc(OC)c1C. The Labute approximate surface area is 224 Å². The second kappa shape index (κ2) is 9.94. The minimum absolute atomic E-state index is 0.00782. The standard InChI is InChI=1S/C30H29F3N2O4/c1-19-25(38-2)16-21(17-26(19)39-3)27(36)34-13-11-29(12-14-34)18-35(24-10-5-4-9-23(24)29)28(37)20-7-6-8-22(15-20)30(31,32)33/h4-10,15-17H,11-14,18H2,1-3H3. The number of amides is 2. The van der Waals surface area contributed by atoms with Gasteiger partial charge in [-0.1, -0.05) is 24.3 Å². The molecular weight excluding hydrogens is 509 g/mol. The van der Waals surface area contributed by atoms with Gasteiger partial charge in [-0.25, -0.2) is 0 Å². The van der Waals surface area contributed by atoms with E-state index in [1.54, 1.807) is 36.2 Å². The highest BCUT2D eigenvalue weighted by Gasteiger charge is 2.47. The molecule has 0 radical (unpaired) electrons. The average Bonchev–Trinajstić information content (AvgIpc) is 3.26. The number of ether oxygens (including phenoxy) is 2. The van der Waals surface area contributed by atoms with Crippen molar-refractivity contribution >= 4 is 17.5 Å². The maximum absolute atomic E-state index is 13.5. The Morgan fingerprint density at radius 2 is 1.49 bits per heavy atom. The van der Waals surface area contributed by atoms with Crippen molar-refractivity contribution in [3.8, 4) is 11.5 Å². The molecule has 0 aliphatic carbocycles. The van der Waals surface area contributed by atoms with Crippen molar-refractivity contribution in [3.63, 3.8) is 0 Å². The van der Waals surface area contributed by atoms with Crippen LogP contribution in [0.3, 0.4) is 0 Å². The number of hydrogen-bond acceptors (Lipinski definition) is 4. The first kappa shape index (κ1) is 26.6. The van der Waals surface area contributed by atoms with Gasteiger partial charge in [0, 0.05) is 47.4 Å². The van der Waals surface area contributed by atoms with Gasteiger partial charge in [-0.3, -0.25) is 9.59 Å². The minimum atomic E-state index is -4.54. The lowest BCUT2D eigenvalue weighted by molar-refractivity contribution is -0.137. The van der Waals surface area contributed by atoms with Crippen molar-refractivity contribution in [2.24, 2.45) is 0 Å². The van der Waals surface area contributed by atoms with Crippen molar-refractivity contribution < 1.29 is 32.2 Å². The Morgan fingerprint density at radius 1 is 0.846 bits per heavy atom. The largest absolute Gasteiger partial charge is 0.496 e. The number of para-hydroxylation sites is 1. The first-order valence-corrected chi connectivity index (χ1v) is 12.7. The summed E-state index contributed by atoms with van der Waals surface area (Å²) in [6.45, 7) is 3.14. The maximum Gasteiger partial charge on any atom is 0.416 e. The molecule has 3 aromatic carbocycles. The van der Waals surface area contributed by atoms with E-state index >= 15 is 0 Å². The average molecular weight is 539 g/mol. The number of rotatable bonds is 4. The zero-order chi connectivity index (χ0) is 27.9. The summed E-state index contributed by atoms with van der Waals surface area (Å²) < 4.78 is 50.7. The molecule has 2 aliphatic heterocycles. The summed E-state index contributed by atoms with van der Waals surface area (Å²) in [5, 5.41) is 0. The van der Waals surface area contributed by atoms with Crippen LogP contribution in [0.5, 0.6) is 11.5 Å². The van der Waals surface area contributed by atoms with Gasteiger partial charge in [0.25, 0.3) is 11.8 Å². The number of carbonyl (C=O) groups is 2. The van der Waals surface area contributed by atoms with Gasteiger partial charge in [-0.2, -0.15) is 13.2 Å². The number of alkyl halides is 3. The molecule has 0 bridgehead atoms. The minimum Gasteiger partial charge on any atom is -0.496 e. The smallest absolute Gasteiger partial charge is 0.416 e. The summed E-state index contributed by atoms with van der Waals surface area (Å²) >= 11 is 0. The zero-order valence-electron chi connectivity index (χ0n) is 22.0. The number of nitrogens with zero attached hydrogens (tertiary/aromatic N) is 2. The molecule has 1 saturated heterocycles. The van der Waals surface area contributed by atoms with E-state index in [2.05, 4.69) is 0 Å². The van der Waals surface area contributed by atoms with E-state index in [0.717, 1.165) is 23.3 Å². The van der Waals surface area contributed by atoms with Crippen molar-refractivity contribution in [2.45, 2.75) is 31.4 Å². The molecule has 39 heavy (non-hydrogen) atoms. The van der Waals surface area contributed by atoms with Crippen molar-refractivity contribution in [2.75, 3.05) is 38.8 Å². The van der Waals surface area contributed by atoms with Gasteiger partial charge < -0.3 is 19.3 Å². The van der Waals surface area contributed by atoms with Gasteiger partial charge in [0.1, 0.15) is 11.5 Å². The van der Waals surface area contributed by atoms with Crippen LogP contribution in [-0.4, -0.2) is 50.6 Å². The second-order valence-electron chi connectivity index (χ2n) is 10.1. The molecule has 3 aromatic rings. The van der Waals surface area contributed by atoms with Crippen molar-refractivity contribution in [1.29, 1.82) is 0 Å². The fraction of sp³-hybridized carbons (Fsp3) is 0.333. The van der Waals surface area contributed by atoms with Crippen LogP contribution in [0.15, 0.2) is 60.7 Å². The third-order valence-corrected chi connectivity index (χ3v) is 7.92. The second-order valence-corrected chi connectivity index (χ2v) is 10.1.